The van der Waals surface area contributed by atoms with Crippen LogP contribution >= 0.6 is 0 Å². The highest BCUT2D eigenvalue weighted by Crippen LogP contribution is 2.35. The van der Waals surface area contributed by atoms with E-state index in [9.17, 15) is 23.1 Å². The van der Waals surface area contributed by atoms with Gasteiger partial charge in [-0.05, 0) is 41.8 Å². The predicted molar refractivity (Wildman–Crippen MR) is 106 cm³/mol. The topological polar surface area (TPSA) is 90.5 Å². The maximum absolute atomic E-state index is 14.7. The smallest absolute Gasteiger partial charge is 0.322 e. The molecule has 4 rings (SSSR count). The summed E-state index contributed by atoms with van der Waals surface area (Å²) in [6, 6.07) is 5.06. The highest BCUT2D eigenvalue weighted by molar-refractivity contribution is 5.95. The van der Waals surface area contributed by atoms with Gasteiger partial charge in [-0.1, -0.05) is 0 Å². The molecule has 2 heterocycles. The van der Waals surface area contributed by atoms with Gasteiger partial charge in [0.2, 0.25) is 5.95 Å². The van der Waals surface area contributed by atoms with Crippen LogP contribution in [0.5, 0.6) is 5.75 Å². The molecule has 1 atom stereocenters. The number of aliphatic hydroxyl groups excluding tert-OH is 1. The van der Waals surface area contributed by atoms with Gasteiger partial charge in [-0.15, -0.1) is 5.10 Å². The summed E-state index contributed by atoms with van der Waals surface area (Å²) in [6.07, 6.45) is 1.70. The second-order valence-electron chi connectivity index (χ2n) is 7.06. The van der Waals surface area contributed by atoms with Crippen molar-refractivity contribution in [3.8, 4) is 16.9 Å². The number of halogens is 3. The van der Waals surface area contributed by atoms with Crippen LogP contribution in [0.15, 0.2) is 36.5 Å². The molecule has 162 valence electrons. The van der Waals surface area contributed by atoms with Crippen molar-refractivity contribution in [3.63, 3.8) is 0 Å². The van der Waals surface area contributed by atoms with Crippen molar-refractivity contribution in [3.05, 3.63) is 65.2 Å². The number of hydrogen-bond acceptors (Lipinski definition) is 4. The molecule has 3 aromatic rings. The minimum absolute atomic E-state index is 0.00333. The molecular weight excluding hydrogens is 413 g/mol. The second-order valence-corrected chi connectivity index (χ2v) is 7.06. The number of benzene rings is 2. The number of anilines is 1. The van der Waals surface area contributed by atoms with Crippen molar-refractivity contribution in [2.24, 2.45) is 0 Å². The van der Waals surface area contributed by atoms with Crippen LogP contribution < -0.4 is 15.0 Å². The number of aromatic nitrogens is 2. The van der Waals surface area contributed by atoms with Gasteiger partial charge in [0.05, 0.1) is 31.0 Å². The summed E-state index contributed by atoms with van der Waals surface area (Å²) in [5.41, 5.74) is 1.39. The molecular formula is C21H19F3N4O3. The molecule has 1 aliphatic rings. The van der Waals surface area contributed by atoms with Crippen molar-refractivity contribution in [1.82, 2.24) is 15.5 Å². The molecule has 3 N–H and O–H groups in total. The van der Waals surface area contributed by atoms with Crippen LogP contribution in [0.25, 0.3) is 11.1 Å². The molecule has 0 fully saturated rings. The third-order valence-corrected chi connectivity index (χ3v) is 5.21. The summed E-state index contributed by atoms with van der Waals surface area (Å²) in [5, 5.41) is 18.1. The van der Waals surface area contributed by atoms with Gasteiger partial charge >= 0.3 is 6.03 Å². The van der Waals surface area contributed by atoms with E-state index in [1.54, 1.807) is 0 Å². The average Bonchev–Trinajstić information content (AvgIpc) is 3.36. The zero-order valence-electron chi connectivity index (χ0n) is 16.5. The van der Waals surface area contributed by atoms with Crippen molar-refractivity contribution in [1.29, 1.82) is 0 Å². The van der Waals surface area contributed by atoms with E-state index >= 15 is 0 Å². The van der Waals surface area contributed by atoms with Crippen molar-refractivity contribution in [2.45, 2.75) is 12.5 Å². The number of amides is 2. The molecule has 1 aliphatic heterocycles. The highest BCUT2D eigenvalue weighted by Gasteiger charge is 2.29. The van der Waals surface area contributed by atoms with E-state index in [4.69, 9.17) is 4.74 Å². The number of urea groups is 1. The summed E-state index contributed by atoms with van der Waals surface area (Å²) in [4.78, 5) is 14.2. The van der Waals surface area contributed by atoms with Gasteiger partial charge in [0, 0.05) is 24.4 Å². The number of H-pyrrole nitrogens is 1. The van der Waals surface area contributed by atoms with Crippen LogP contribution in [0.1, 0.15) is 17.2 Å². The lowest BCUT2D eigenvalue weighted by Gasteiger charge is -2.23. The number of nitrogens with one attached hydrogen (secondary N) is 2. The van der Waals surface area contributed by atoms with Gasteiger partial charge < -0.3 is 15.2 Å². The lowest BCUT2D eigenvalue weighted by molar-refractivity contribution is 0.221. The number of methoxy groups -OCH3 is 1. The molecule has 0 unspecified atom stereocenters. The van der Waals surface area contributed by atoms with E-state index in [-0.39, 0.29) is 23.4 Å². The lowest BCUT2D eigenvalue weighted by Crippen LogP contribution is -2.42. The monoisotopic (exact) mass is 432 g/mol. The first-order valence-corrected chi connectivity index (χ1v) is 9.46. The fourth-order valence-electron chi connectivity index (χ4n) is 3.66. The molecule has 0 saturated heterocycles. The van der Waals surface area contributed by atoms with Gasteiger partial charge in [0.1, 0.15) is 17.4 Å². The number of aromatic amines is 1. The summed E-state index contributed by atoms with van der Waals surface area (Å²) in [5.74, 6) is -1.85. The zero-order chi connectivity index (χ0) is 22.1. The molecule has 31 heavy (non-hydrogen) atoms. The van der Waals surface area contributed by atoms with Gasteiger partial charge in [-0.2, -0.15) is 4.39 Å². The molecule has 2 aromatic carbocycles. The second kappa shape index (κ2) is 8.31. The first-order chi connectivity index (χ1) is 14.9. The number of ether oxygens (including phenoxy) is 1. The number of fused-ring (bicyclic) bond motifs is 1. The first-order valence-electron chi connectivity index (χ1n) is 9.46. The SMILES string of the molecule is COc1cc(F)cc([C@@H](CO)NC(=O)N2CCc3cc(-c4c[nH]nc4F)c(F)cc32)c1. The largest absolute Gasteiger partial charge is 0.497 e. The molecule has 0 radical (unpaired) electrons. The fourth-order valence-corrected chi connectivity index (χ4v) is 3.66. The average molecular weight is 432 g/mol. The highest BCUT2D eigenvalue weighted by atomic mass is 19.1. The number of rotatable bonds is 5. The van der Waals surface area contributed by atoms with E-state index in [0.29, 0.717) is 23.2 Å². The summed E-state index contributed by atoms with van der Waals surface area (Å²) in [7, 11) is 1.38. The Hall–Kier alpha value is -3.53. The normalized spacial score (nSPS) is 13.8. The maximum atomic E-state index is 14.7. The van der Waals surface area contributed by atoms with Crippen LogP contribution in [-0.4, -0.2) is 41.6 Å². The van der Waals surface area contributed by atoms with E-state index in [1.807, 2.05) is 0 Å². The molecule has 0 aliphatic carbocycles. The number of aliphatic hydroxyl groups is 1. The third kappa shape index (κ3) is 3.93. The van der Waals surface area contributed by atoms with Gasteiger partial charge in [0.15, 0.2) is 0 Å². The van der Waals surface area contributed by atoms with Crippen molar-refractivity contribution in [2.75, 3.05) is 25.2 Å². The minimum Gasteiger partial charge on any atom is -0.497 e. The Labute approximate surface area is 175 Å². The van der Waals surface area contributed by atoms with E-state index in [1.165, 1.54) is 48.5 Å². The van der Waals surface area contributed by atoms with Gasteiger partial charge in [0.25, 0.3) is 0 Å². The number of carbonyl (C=O) groups excluding carboxylic acids is 1. The van der Waals surface area contributed by atoms with Gasteiger partial charge in [-0.3, -0.25) is 10.00 Å². The summed E-state index contributed by atoms with van der Waals surface area (Å²) in [6.45, 7) is -0.214. The molecule has 1 aromatic heterocycles. The van der Waals surface area contributed by atoms with E-state index < -0.39 is 36.3 Å². The zero-order valence-corrected chi connectivity index (χ0v) is 16.5. The number of nitrogens with zero attached hydrogens (tertiary/aromatic N) is 2. The lowest BCUT2D eigenvalue weighted by atomic mass is 10.0. The summed E-state index contributed by atoms with van der Waals surface area (Å²) >= 11 is 0. The Morgan fingerprint density at radius 3 is 2.74 bits per heavy atom. The maximum Gasteiger partial charge on any atom is 0.322 e. The molecule has 0 spiro atoms. The molecule has 2 amide bonds. The van der Waals surface area contributed by atoms with Gasteiger partial charge in [-0.25, -0.2) is 13.6 Å². The molecule has 10 heteroatoms. The van der Waals surface area contributed by atoms with Crippen LogP contribution in [0, 0.1) is 17.6 Å². The molecule has 7 nitrogen and oxygen atoms in total. The van der Waals surface area contributed by atoms with Crippen LogP contribution in [0.4, 0.5) is 23.7 Å². The minimum atomic E-state index is -0.898. The third-order valence-electron chi connectivity index (χ3n) is 5.21. The van der Waals surface area contributed by atoms with Crippen LogP contribution in [-0.2, 0) is 6.42 Å². The Balaban J connectivity index is 1.58. The number of hydrogen-bond donors (Lipinski definition) is 3. The van der Waals surface area contributed by atoms with Crippen LogP contribution in [0.2, 0.25) is 0 Å². The van der Waals surface area contributed by atoms with Crippen molar-refractivity contribution < 1.29 is 27.8 Å². The van der Waals surface area contributed by atoms with E-state index in [2.05, 4.69) is 15.5 Å². The van der Waals surface area contributed by atoms with E-state index in [0.717, 1.165) is 0 Å². The predicted octanol–water partition coefficient (Wildman–Crippen LogP) is 3.31. The Kier molecular flexibility index (Phi) is 5.55. The number of carbonyl (C=O) groups is 1. The Bertz CT molecular complexity index is 1140. The molecule has 0 bridgehead atoms. The Morgan fingerprint density at radius 1 is 1.26 bits per heavy atom. The quantitative estimate of drug-likeness (QED) is 0.577. The standard InChI is InChI=1S/C21H19F3N4O3/c1-31-14-5-12(4-13(22)7-14)18(10-29)26-21(30)28-3-2-11-6-15(17(23)8-19(11)28)16-9-25-27-20(16)24/h4-9,18,29H,2-3,10H2,1H3,(H,25,27)(H,26,30)/t18-/m1/s1. The fraction of sp³-hybridized carbons (Fsp3) is 0.238. The Morgan fingerprint density at radius 2 is 2.06 bits per heavy atom. The van der Waals surface area contributed by atoms with Crippen molar-refractivity contribution >= 4 is 11.7 Å². The molecule has 0 saturated carbocycles. The van der Waals surface area contributed by atoms with Crippen LogP contribution in [0.3, 0.4) is 0 Å². The summed E-state index contributed by atoms with van der Waals surface area (Å²) < 4.78 is 47.3. The first kappa shape index (κ1) is 20.7.